The first-order valence-corrected chi connectivity index (χ1v) is 6.20. The number of H-pyrrole nitrogens is 1. The van der Waals surface area contributed by atoms with Crippen molar-refractivity contribution in [1.82, 2.24) is 14.9 Å². The van der Waals surface area contributed by atoms with Crippen LogP contribution in [0.1, 0.15) is 5.56 Å². The molecule has 19 heavy (non-hydrogen) atoms. The molecule has 0 fully saturated rings. The molecule has 6 nitrogen and oxygen atoms in total. The van der Waals surface area contributed by atoms with Gasteiger partial charge in [0.15, 0.2) is 11.5 Å². The number of nitrogens with one attached hydrogen (secondary N) is 2. The second-order valence-electron chi connectivity index (χ2n) is 3.68. The Morgan fingerprint density at radius 3 is 2.79 bits per heavy atom. The van der Waals surface area contributed by atoms with Gasteiger partial charge in [0, 0.05) is 0 Å². The Balaban J connectivity index is 2.19. The Morgan fingerprint density at radius 2 is 2.21 bits per heavy atom. The number of hydrogen-bond donors (Lipinski definition) is 2. The lowest BCUT2D eigenvalue weighted by Gasteiger charge is -2.12. The molecule has 0 radical (unpaired) electrons. The number of aromatic amines is 1. The third-order valence-electron chi connectivity index (χ3n) is 2.50. The van der Waals surface area contributed by atoms with Gasteiger partial charge in [-0.05, 0) is 29.9 Å². The fraction of sp³-hybridized carbons (Fsp3) is 0.273. The van der Waals surface area contributed by atoms with Gasteiger partial charge in [0.25, 0.3) is 0 Å². The summed E-state index contributed by atoms with van der Waals surface area (Å²) < 4.78 is 12.5. The van der Waals surface area contributed by atoms with Crippen LogP contribution < -0.4 is 14.9 Å². The fourth-order valence-electron chi connectivity index (χ4n) is 1.61. The monoisotopic (exact) mass is 300 g/mol. The highest BCUT2D eigenvalue weighted by Gasteiger charge is 2.10. The smallest absolute Gasteiger partial charge is 0.214 e. The van der Waals surface area contributed by atoms with Crippen LogP contribution in [-0.4, -0.2) is 29.1 Å². The van der Waals surface area contributed by atoms with Crippen molar-refractivity contribution < 1.29 is 9.47 Å². The van der Waals surface area contributed by atoms with Gasteiger partial charge in [-0.1, -0.05) is 11.6 Å². The molecule has 0 atom stereocenters. The maximum Gasteiger partial charge on any atom is 0.214 e. The predicted molar refractivity (Wildman–Crippen MR) is 75.0 cm³/mol. The summed E-state index contributed by atoms with van der Waals surface area (Å²) in [5.41, 5.74) is 4.02. The molecule has 0 bridgehead atoms. The number of nitrogens with zero attached hydrogens (tertiary/aromatic N) is 2. The Bertz CT molecular complexity index is 625. The molecule has 8 heteroatoms. The third-order valence-corrected chi connectivity index (χ3v) is 3.07. The number of halogens is 1. The minimum atomic E-state index is 0.492. The van der Waals surface area contributed by atoms with E-state index in [1.165, 1.54) is 0 Å². The lowest BCUT2D eigenvalue weighted by atomic mass is 10.2. The van der Waals surface area contributed by atoms with E-state index in [9.17, 15) is 0 Å². The Morgan fingerprint density at radius 1 is 1.42 bits per heavy atom. The van der Waals surface area contributed by atoms with Crippen LogP contribution in [-0.2, 0) is 6.54 Å². The van der Waals surface area contributed by atoms with Crippen molar-refractivity contribution in [3.05, 3.63) is 33.8 Å². The highest BCUT2D eigenvalue weighted by Crippen LogP contribution is 2.35. The van der Waals surface area contributed by atoms with Gasteiger partial charge in [0.2, 0.25) is 4.77 Å². The van der Waals surface area contributed by atoms with E-state index in [4.69, 9.17) is 33.3 Å². The van der Waals surface area contributed by atoms with Crippen LogP contribution >= 0.6 is 23.8 Å². The van der Waals surface area contributed by atoms with E-state index in [-0.39, 0.29) is 0 Å². The largest absolute Gasteiger partial charge is 0.493 e. The molecule has 0 aliphatic heterocycles. The first kappa shape index (κ1) is 13.7. The van der Waals surface area contributed by atoms with Gasteiger partial charge >= 0.3 is 0 Å². The molecule has 2 N–H and O–H groups in total. The van der Waals surface area contributed by atoms with Crippen LogP contribution in [0.5, 0.6) is 11.5 Å². The van der Waals surface area contributed by atoms with Crippen LogP contribution in [0.4, 0.5) is 0 Å². The quantitative estimate of drug-likeness (QED) is 0.830. The van der Waals surface area contributed by atoms with Crippen molar-refractivity contribution in [3.63, 3.8) is 0 Å². The van der Waals surface area contributed by atoms with Gasteiger partial charge in [-0.2, -0.15) is 5.10 Å². The Labute approximate surface area is 120 Å². The molecule has 0 saturated carbocycles. The van der Waals surface area contributed by atoms with Crippen molar-refractivity contribution in [3.8, 4) is 11.5 Å². The van der Waals surface area contributed by atoms with E-state index >= 15 is 0 Å². The van der Waals surface area contributed by atoms with Crippen molar-refractivity contribution in [2.45, 2.75) is 6.54 Å². The van der Waals surface area contributed by atoms with E-state index in [1.807, 2.05) is 6.07 Å². The molecule has 0 aliphatic rings. The summed E-state index contributed by atoms with van der Waals surface area (Å²) in [6.07, 6.45) is 1.56. The van der Waals surface area contributed by atoms with Crippen LogP contribution in [0, 0.1) is 4.77 Å². The van der Waals surface area contributed by atoms with Crippen molar-refractivity contribution in [1.29, 1.82) is 0 Å². The Hall–Kier alpha value is -1.73. The van der Waals surface area contributed by atoms with Gasteiger partial charge in [0.05, 0.1) is 25.8 Å². The van der Waals surface area contributed by atoms with Crippen molar-refractivity contribution in [2.24, 2.45) is 0 Å². The average molecular weight is 301 g/mol. The average Bonchev–Trinajstić information content (AvgIpc) is 2.81. The molecule has 1 aromatic heterocycles. The zero-order valence-electron chi connectivity index (χ0n) is 10.4. The zero-order chi connectivity index (χ0) is 13.8. The molecule has 1 aromatic carbocycles. The summed E-state index contributed by atoms with van der Waals surface area (Å²) in [7, 11) is 3.12. The van der Waals surface area contributed by atoms with E-state index in [1.54, 1.807) is 31.3 Å². The Kier molecular flexibility index (Phi) is 4.28. The van der Waals surface area contributed by atoms with Gasteiger partial charge in [-0.15, -0.1) is 0 Å². The summed E-state index contributed by atoms with van der Waals surface area (Å²) in [6, 6.07) is 3.65. The normalized spacial score (nSPS) is 10.3. The molecule has 2 aromatic rings. The second-order valence-corrected chi connectivity index (χ2v) is 4.47. The lowest BCUT2D eigenvalue weighted by molar-refractivity contribution is 0.354. The van der Waals surface area contributed by atoms with Crippen molar-refractivity contribution in [2.75, 3.05) is 19.6 Å². The van der Waals surface area contributed by atoms with Gasteiger partial charge in [0.1, 0.15) is 6.33 Å². The summed E-state index contributed by atoms with van der Waals surface area (Å²) >= 11 is 11.2. The molecule has 1 heterocycles. The number of benzene rings is 1. The lowest BCUT2D eigenvalue weighted by Crippen LogP contribution is -2.13. The first-order chi connectivity index (χ1) is 9.15. The number of methoxy groups -OCH3 is 2. The maximum absolute atomic E-state index is 6.13. The SMILES string of the molecule is COc1cc(CNn2cn[nH]c2=S)cc(Cl)c1OC. The van der Waals surface area contributed by atoms with Crippen molar-refractivity contribution >= 4 is 23.8 Å². The maximum atomic E-state index is 6.13. The number of ether oxygens (including phenoxy) is 2. The van der Waals surface area contributed by atoms with Crippen LogP contribution in [0.25, 0.3) is 0 Å². The number of aromatic nitrogens is 3. The highest BCUT2D eigenvalue weighted by molar-refractivity contribution is 7.71. The highest BCUT2D eigenvalue weighted by atomic mass is 35.5. The van der Waals surface area contributed by atoms with E-state index in [0.717, 1.165) is 5.56 Å². The summed E-state index contributed by atoms with van der Waals surface area (Å²) in [5, 5.41) is 6.96. The molecule has 0 amide bonds. The van der Waals surface area contributed by atoms with Gasteiger partial charge < -0.3 is 14.9 Å². The molecule has 0 aliphatic carbocycles. The molecule has 0 spiro atoms. The van der Waals surface area contributed by atoms with Crippen LogP contribution in [0.15, 0.2) is 18.5 Å². The van der Waals surface area contributed by atoms with Crippen LogP contribution in [0.3, 0.4) is 0 Å². The molecule has 102 valence electrons. The number of hydrogen-bond acceptors (Lipinski definition) is 5. The second kappa shape index (κ2) is 5.94. The van der Waals surface area contributed by atoms with E-state index in [2.05, 4.69) is 15.6 Å². The molecule has 2 rings (SSSR count). The van der Waals surface area contributed by atoms with Crippen LogP contribution in [0.2, 0.25) is 5.02 Å². The molecule has 0 saturated heterocycles. The standard InChI is InChI=1S/C11H13ClN4O2S/c1-17-9-4-7(3-8(12)10(9)18-2)5-14-16-6-13-15-11(16)19/h3-4,6,14H,5H2,1-2H3,(H,15,19). The van der Waals surface area contributed by atoms with E-state index in [0.29, 0.717) is 27.8 Å². The molecular formula is C11H13ClN4O2S. The topological polar surface area (TPSA) is 64.1 Å². The molecule has 0 unspecified atom stereocenters. The summed E-state index contributed by atoms with van der Waals surface area (Å²) in [5.74, 6) is 1.11. The zero-order valence-corrected chi connectivity index (χ0v) is 12.0. The fourth-order valence-corrected chi connectivity index (χ4v) is 2.09. The molecular weight excluding hydrogens is 288 g/mol. The number of rotatable bonds is 5. The van der Waals surface area contributed by atoms with Gasteiger partial charge in [-0.25, -0.2) is 4.68 Å². The summed E-state index contributed by atoms with van der Waals surface area (Å²) in [4.78, 5) is 0. The van der Waals surface area contributed by atoms with Gasteiger partial charge in [-0.3, -0.25) is 5.10 Å². The first-order valence-electron chi connectivity index (χ1n) is 5.42. The minimum absolute atomic E-state index is 0.492. The predicted octanol–water partition coefficient (Wildman–Crippen LogP) is 2.35. The minimum Gasteiger partial charge on any atom is -0.493 e. The van der Waals surface area contributed by atoms with E-state index < -0.39 is 0 Å². The third kappa shape index (κ3) is 2.99. The summed E-state index contributed by atoms with van der Waals surface area (Å²) in [6.45, 7) is 0.522.